The lowest BCUT2D eigenvalue weighted by Gasteiger charge is -2.35. The first kappa shape index (κ1) is 14.0. The molecule has 0 amide bonds. The van der Waals surface area contributed by atoms with Crippen LogP contribution in [0.4, 0.5) is 0 Å². The van der Waals surface area contributed by atoms with Crippen LogP contribution in [0, 0.1) is 0 Å². The summed E-state index contributed by atoms with van der Waals surface area (Å²) in [5.41, 5.74) is 0. The van der Waals surface area contributed by atoms with E-state index >= 15 is 0 Å². The molecule has 2 saturated heterocycles. The number of nitrogens with one attached hydrogen (secondary N) is 1. The molecule has 5 heteroatoms. The van der Waals surface area contributed by atoms with Crippen molar-refractivity contribution >= 4 is 17.3 Å². The van der Waals surface area contributed by atoms with Crippen LogP contribution < -0.4 is 5.32 Å². The lowest BCUT2D eigenvalue weighted by Crippen LogP contribution is -2.44. The second-order valence-corrected chi connectivity index (χ2v) is 6.85. The third-order valence-electron chi connectivity index (χ3n) is 4.50. The van der Waals surface area contributed by atoms with E-state index in [0.29, 0.717) is 18.6 Å². The van der Waals surface area contributed by atoms with E-state index in [0.717, 1.165) is 19.4 Å². The van der Waals surface area contributed by atoms with E-state index in [1.54, 1.807) is 11.3 Å². The maximum Gasteiger partial charge on any atom is 0.320 e. The number of nitrogens with zero attached hydrogens (tertiary/aromatic N) is 1. The number of carbonyl (C=O) groups is 1. The molecule has 0 aromatic carbocycles. The van der Waals surface area contributed by atoms with Crippen LogP contribution in [0.3, 0.4) is 0 Å². The zero-order valence-electron chi connectivity index (χ0n) is 11.9. The van der Waals surface area contributed by atoms with Crippen LogP contribution in [0.1, 0.15) is 30.6 Å². The highest BCUT2D eigenvalue weighted by Crippen LogP contribution is 2.35. The number of carbonyl (C=O) groups excluding carboxylic acids is 1. The molecule has 0 radical (unpaired) electrons. The molecule has 2 aliphatic heterocycles. The normalized spacial score (nSPS) is 29.6. The van der Waals surface area contributed by atoms with Crippen molar-refractivity contribution in [2.45, 2.75) is 50.4 Å². The second kappa shape index (κ2) is 6.24. The molecular weight excluding hydrogens is 272 g/mol. The smallest absolute Gasteiger partial charge is 0.320 e. The fourth-order valence-corrected chi connectivity index (χ4v) is 4.06. The summed E-state index contributed by atoms with van der Waals surface area (Å²) in [7, 11) is 2.20. The van der Waals surface area contributed by atoms with Gasteiger partial charge in [0.25, 0.3) is 0 Å². The molecule has 0 unspecified atom stereocenters. The van der Waals surface area contributed by atoms with Crippen LogP contribution >= 0.6 is 11.3 Å². The molecule has 20 heavy (non-hydrogen) atoms. The maximum absolute atomic E-state index is 11.9. The van der Waals surface area contributed by atoms with Gasteiger partial charge in [0.05, 0.1) is 6.54 Å². The predicted octanol–water partition coefficient (Wildman–Crippen LogP) is 2.01. The van der Waals surface area contributed by atoms with Gasteiger partial charge in [-0.3, -0.25) is 4.79 Å². The number of hydrogen-bond donors (Lipinski definition) is 1. The van der Waals surface area contributed by atoms with Crippen molar-refractivity contribution < 1.29 is 9.53 Å². The van der Waals surface area contributed by atoms with Crippen LogP contribution in [0.2, 0.25) is 0 Å². The first-order chi connectivity index (χ1) is 9.72. The van der Waals surface area contributed by atoms with E-state index in [1.165, 1.54) is 17.7 Å². The molecule has 1 aromatic heterocycles. The zero-order chi connectivity index (χ0) is 13.9. The SMILES string of the molecule is CN1[C@H]2CC[C@H]1CC(OC(=O)CNCc1cccs1)C2. The largest absolute Gasteiger partial charge is 0.461 e. The lowest BCUT2D eigenvalue weighted by molar-refractivity contribution is -0.151. The lowest BCUT2D eigenvalue weighted by atomic mass is 10.0. The number of rotatable bonds is 5. The highest BCUT2D eigenvalue weighted by molar-refractivity contribution is 7.09. The van der Waals surface area contributed by atoms with Gasteiger partial charge in [-0.25, -0.2) is 0 Å². The van der Waals surface area contributed by atoms with E-state index in [4.69, 9.17) is 4.74 Å². The highest BCUT2D eigenvalue weighted by Gasteiger charge is 2.39. The molecule has 3 rings (SSSR count). The summed E-state index contributed by atoms with van der Waals surface area (Å²) >= 11 is 1.70. The van der Waals surface area contributed by atoms with Crippen molar-refractivity contribution in [2.24, 2.45) is 0 Å². The third kappa shape index (κ3) is 3.22. The van der Waals surface area contributed by atoms with Gasteiger partial charge in [0.1, 0.15) is 6.10 Å². The predicted molar refractivity (Wildman–Crippen MR) is 79.7 cm³/mol. The summed E-state index contributed by atoms with van der Waals surface area (Å²) < 4.78 is 5.62. The number of esters is 1. The van der Waals surface area contributed by atoms with E-state index in [9.17, 15) is 4.79 Å². The Hall–Kier alpha value is -0.910. The molecule has 1 aromatic rings. The van der Waals surface area contributed by atoms with Crippen molar-refractivity contribution in [3.63, 3.8) is 0 Å². The Bertz CT molecular complexity index is 435. The van der Waals surface area contributed by atoms with Crippen molar-refractivity contribution in [1.82, 2.24) is 10.2 Å². The van der Waals surface area contributed by atoms with Crippen molar-refractivity contribution in [1.29, 1.82) is 0 Å². The van der Waals surface area contributed by atoms with Crippen molar-refractivity contribution in [3.8, 4) is 0 Å². The number of fused-ring (bicyclic) bond motifs is 2. The molecule has 3 heterocycles. The van der Waals surface area contributed by atoms with E-state index in [1.807, 2.05) is 11.4 Å². The third-order valence-corrected chi connectivity index (χ3v) is 5.38. The Morgan fingerprint density at radius 3 is 2.85 bits per heavy atom. The van der Waals surface area contributed by atoms with Gasteiger partial charge < -0.3 is 15.0 Å². The number of thiophene rings is 1. The standard InChI is InChI=1S/C15H22N2O2S/c1-17-11-4-5-12(17)8-13(7-11)19-15(18)10-16-9-14-3-2-6-20-14/h2-3,6,11-13,16H,4-5,7-10H2,1H3/t11-,12-/m0/s1. The van der Waals surface area contributed by atoms with Crippen LogP contribution in [0.5, 0.6) is 0 Å². The summed E-state index contributed by atoms with van der Waals surface area (Å²) in [5, 5.41) is 5.19. The molecule has 2 fully saturated rings. The molecule has 110 valence electrons. The molecular formula is C15H22N2O2S. The van der Waals surface area contributed by atoms with Crippen molar-refractivity contribution in [3.05, 3.63) is 22.4 Å². The van der Waals surface area contributed by atoms with Gasteiger partial charge in [0.2, 0.25) is 0 Å². The molecule has 2 bridgehead atoms. The Labute approximate surface area is 124 Å². The Balaban J connectivity index is 1.39. The second-order valence-electron chi connectivity index (χ2n) is 5.82. The van der Waals surface area contributed by atoms with Crippen LogP contribution in [-0.4, -0.2) is 42.6 Å². The van der Waals surface area contributed by atoms with Gasteiger partial charge in [-0.15, -0.1) is 11.3 Å². The number of hydrogen-bond acceptors (Lipinski definition) is 5. The van der Waals surface area contributed by atoms with Crippen LogP contribution in [0.15, 0.2) is 17.5 Å². The van der Waals surface area contributed by atoms with Crippen LogP contribution in [0.25, 0.3) is 0 Å². The number of ether oxygens (including phenoxy) is 1. The van der Waals surface area contributed by atoms with Gasteiger partial charge in [-0.1, -0.05) is 6.07 Å². The Morgan fingerprint density at radius 1 is 1.45 bits per heavy atom. The molecule has 1 N–H and O–H groups in total. The summed E-state index contributed by atoms with van der Waals surface area (Å²) in [4.78, 5) is 15.6. The topological polar surface area (TPSA) is 41.6 Å². The van der Waals surface area contributed by atoms with Crippen LogP contribution in [-0.2, 0) is 16.1 Å². The minimum Gasteiger partial charge on any atom is -0.461 e. The fraction of sp³-hybridized carbons (Fsp3) is 0.667. The summed E-state index contributed by atoms with van der Waals surface area (Å²) in [6.07, 6.45) is 4.64. The summed E-state index contributed by atoms with van der Waals surface area (Å²) in [6.45, 7) is 1.05. The first-order valence-corrected chi connectivity index (χ1v) is 8.25. The van der Waals surface area contributed by atoms with Gasteiger partial charge in [0, 0.05) is 23.5 Å². The molecule has 0 aliphatic carbocycles. The Kier molecular flexibility index (Phi) is 4.38. The molecule has 0 saturated carbocycles. The minimum absolute atomic E-state index is 0.115. The van der Waals surface area contributed by atoms with Gasteiger partial charge in [-0.05, 0) is 44.2 Å². The molecule has 0 spiro atoms. The monoisotopic (exact) mass is 294 g/mol. The molecule has 2 aliphatic rings. The molecule has 2 atom stereocenters. The average molecular weight is 294 g/mol. The Morgan fingerprint density at radius 2 is 2.20 bits per heavy atom. The minimum atomic E-state index is -0.115. The van der Waals surface area contributed by atoms with E-state index in [2.05, 4.69) is 23.3 Å². The maximum atomic E-state index is 11.9. The van der Waals surface area contributed by atoms with Gasteiger partial charge in [-0.2, -0.15) is 0 Å². The first-order valence-electron chi connectivity index (χ1n) is 7.37. The fourth-order valence-electron chi connectivity index (χ4n) is 3.39. The van der Waals surface area contributed by atoms with Crippen molar-refractivity contribution in [2.75, 3.05) is 13.6 Å². The summed E-state index contributed by atoms with van der Waals surface area (Å²) in [6, 6.07) is 5.32. The van der Waals surface area contributed by atoms with Gasteiger partial charge >= 0.3 is 5.97 Å². The summed E-state index contributed by atoms with van der Waals surface area (Å²) in [5.74, 6) is -0.115. The zero-order valence-corrected chi connectivity index (χ0v) is 12.7. The van der Waals surface area contributed by atoms with E-state index in [-0.39, 0.29) is 12.1 Å². The number of piperidine rings is 1. The molecule has 4 nitrogen and oxygen atoms in total. The van der Waals surface area contributed by atoms with E-state index < -0.39 is 0 Å². The van der Waals surface area contributed by atoms with Gasteiger partial charge in [0.15, 0.2) is 0 Å². The quantitative estimate of drug-likeness (QED) is 0.844. The highest BCUT2D eigenvalue weighted by atomic mass is 32.1. The average Bonchev–Trinajstić information content (AvgIpc) is 2.98.